The summed E-state index contributed by atoms with van der Waals surface area (Å²) in [5.41, 5.74) is 1.24. The highest BCUT2D eigenvalue weighted by Gasteiger charge is 2.12. The number of aryl methyl sites for hydroxylation is 1. The van der Waals surface area contributed by atoms with Crippen LogP contribution in [-0.2, 0) is 7.05 Å². The van der Waals surface area contributed by atoms with Crippen LogP contribution < -0.4 is 5.32 Å². The Hall–Kier alpha value is -0.350. The maximum atomic E-state index is 4.16. The molecule has 0 aliphatic heterocycles. The van der Waals surface area contributed by atoms with E-state index in [1.165, 1.54) is 5.69 Å². The van der Waals surface area contributed by atoms with Crippen molar-refractivity contribution in [2.24, 2.45) is 7.05 Å². The van der Waals surface area contributed by atoms with Gasteiger partial charge < -0.3 is 5.32 Å². The van der Waals surface area contributed by atoms with Crippen LogP contribution in [0.3, 0.4) is 0 Å². The van der Waals surface area contributed by atoms with Gasteiger partial charge in [0.05, 0.1) is 16.4 Å². The zero-order valence-electron chi connectivity index (χ0n) is 7.63. The van der Waals surface area contributed by atoms with Gasteiger partial charge in [0.1, 0.15) is 0 Å². The molecule has 0 aliphatic carbocycles. The quantitative estimate of drug-likeness (QED) is 0.855. The van der Waals surface area contributed by atoms with E-state index in [9.17, 15) is 0 Å². The molecule has 1 aromatic heterocycles. The van der Waals surface area contributed by atoms with Crippen LogP contribution in [0.1, 0.15) is 18.5 Å². The van der Waals surface area contributed by atoms with Gasteiger partial charge in [0.2, 0.25) is 0 Å². The van der Waals surface area contributed by atoms with E-state index in [2.05, 4.69) is 33.3 Å². The van der Waals surface area contributed by atoms with Crippen LogP contribution in [0.2, 0.25) is 0 Å². The second kappa shape index (κ2) is 4.05. The van der Waals surface area contributed by atoms with Gasteiger partial charge in [-0.05, 0) is 23.0 Å². The molecule has 0 aromatic carbocycles. The first-order chi connectivity index (χ1) is 5.66. The van der Waals surface area contributed by atoms with Gasteiger partial charge in [0.15, 0.2) is 0 Å². The van der Waals surface area contributed by atoms with Crippen molar-refractivity contribution in [1.29, 1.82) is 0 Å². The molecular formula is C8H14BrN3. The molecule has 0 fully saturated rings. The maximum Gasteiger partial charge on any atom is 0.0635 e. The molecule has 0 amide bonds. The van der Waals surface area contributed by atoms with Crippen molar-refractivity contribution < 1.29 is 0 Å². The van der Waals surface area contributed by atoms with Gasteiger partial charge in [-0.1, -0.05) is 6.92 Å². The zero-order valence-corrected chi connectivity index (χ0v) is 9.22. The molecule has 0 saturated heterocycles. The number of likely N-dealkylation sites (N-methyl/N-ethyl adjacent to an activating group) is 1. The van der Waals surface area contributed by atoms with E-state index in [0.717, 1.165) is 11.0 Å². The Morgan fingerprint density at radius 2 is 2.42 bits per heavy atom. The maximum absolute atomic E-state index is 4.16. The number of nitrogens with zero attached hydrogens (tertiary/aromatic N) is 2. The highest BCUT2D eigenvalue weighted by atomic mass is 79.9. The van der Waals surface area contributed by atoms with Gasteiger partial charge >= 0.3 is 0 Å². The number of nitrogens with one attached hydrogen (secondary N) is 1. The second-order valence-electron chi connectivity index (χ2n) is 2.96. The van der Waals surface area contributed by atoms with E-state index in [1.54, 1.807) is 0 Å². The average Bonchev–Trinajstić information content (AvgIpc) is 2.32. The molecule has 1 atom stereocenters. The number of aromatic nitrogens is 2. The molecule has 1 aromatic rings. The molecule has 0 aliphatic rings. The minimum Gasteiger partial charge on any atom is -0.319 e. The fraction of sp³-hybridized carbons (Fsp3) is 0.625. The Kier molecular flexibility index (Phi) is 3.29. The van der Waals surface area contributed by atoms with Crippen molar-refractivity contribution in [3.63, 3.8) is 0 Å². The molecule has 68 valence electrons. The highest BCUT2D eigenvalue weighted by Crippen LogP contribution is 2.22. The smallest absolute Gasteiger partial charge is 0.0635 e. The molecule has 3 nitrogen and oxygen atoms in total. The number of halogens is 1. The topological polar surface area (TPSA) is 29.9 Å². The lowest BCUT2D eigenvalue weighted by atomic mass is 10.1. The fourth-order valence-corrected chi connectivity index (χ4v) is 2.12. The van der Waals surface area contributed by atoms with Gasteiger partial charge in [-0.2, -0.15) is 5.10 Å². The van der Waals surface area contributed by atoms with Crippen molar-refractivity contribution in [2.75, 3.05) is 13.6 Å². The predicted molar refractivity (Wildman–Crippen MR) is 53.2 cm³/mol. The molecule has 0 saturated carbocycles. The third-order valence-corrected chi connectivity index (χ3v) is 2.53. The summed E-state index contributed by atoms with van der Waals surface area (Å²) in [7, 11) is 3.92. The van der Waals surface area contributed by atoms with E-state index in [-0.39, 0.29) is 0 Å². The van der Waals surface area contributed by atoms with E-state index in [1.807, 2.05) is 25.0 Å². The normalized spacial score (nSPS) is 13.3. The summed E-state index contributed by atoms with van der Waals surface area (Å²) >= 11 is 3.48. The van der Waals surface area contributed by atoms with Crippen molar-refractivity contribution in [3.05, 3.63) is 16.4 Å². The van der Waals surface area contributed by atoms with Crippen molar-refractivity contribution >= 4 is 15.9 Å². The molecule has 1 N–H and O–H groups in total. The van der Waals surface area contributed by atoms with E-state index in [0.29, 0.717) is 5.92 Å². The monoisotopic (exact) mass is 231 g/mol. The van der Waals surface area contributed by atoms with Gasteiger partial charge in [0.25, 0.3) is 0 Å². The van der Waals surface area contributed by atoms with Crippen LogP contribution in [0.5, 0.6) is 0 Å². The number of hydrogen-bond donors (Lipinski definition) is 1. The summed E-state index contributed by atoms with van der Waals surface area (Å²) in [6, 6.07) is 0. The lowest BCUT2D eigenvalue weighted by Crippen LogP contribution is -2.17. The van der Waals surface area contributed by atoms with Gasteiger partial charge in [0, 0.05) is 19.5 Å². The van der Waals surface area contributed by atoms with Crippen LogP contribution in [0.15, 0.2) is 10.7 Å². The molecule has 0 bridgehead atoms. The van der Waals surface area contributed by atoms with E-state index in [4.69, 9.17) is 0 Å². The Bertz CT molecular complexity index is 237. The number of rotatable bonds is 3. The van der Waals surface area contributed by atoms with Gasteiger partial charge in [-0.25, -0.2) is 0 Å². The Morgan fingerprint density at radius 1 is 1.75 bits per heavy atom. The lowest BCUT2D eigenvalue weighted by molar-refractivity contribution is 0.604. The standard InChI is InChI=1S/C8H14BrN3/c1-6(4-10-2)8-7(9)5-11-12(8)3/h5-6,10H,4H2,1-3H3. The van der Waals surface area contributed by atoms with Gasteiger partial charge in [-0.15, -0.1) is 0 Å². The van der Waals surface area contributed by atoms with Crippen molar-refractivity contribution in [3.8, 4) is 0 Å². The van der Waals surface area contributed by atoms with Crippen molar-refractivity contribution in [1.82, 2.24) is 15.1 Å². The Balaban J connectivity index is 2.85. The van der Waals surface area contributed by atoms with Crippen LogP contribution in [0, 0.1) is 0 Å². The summed E-state index contributed by atoms with van der Waals surface area (Å²) < 4.78 is 3.00. The third kappa shape index (κ3) is 1.87. The first-order valence-electron chi connectivity index (χ1n) is 3.98. The largest absolute Gasteiger partial charge is 0.319 e. The SMILES string of the molecule is CNCC(C)c1c(Br)cnn1C. The summed E-state index contributed by atoms with van der Waals surface area (Å²) in [6.07, 6.45) is 1.83. The lowest BCUT2D eigenvalue weighted by Gasteiger charge is -2.11. The molecule has 1 heterocycles. The average molecular weight is 232 g/mol. The van der Waals surface area contributed by atoms with Crippen molar-refractivity contribution in [2.45, 2.75) is 12.8 Å². The Labute approximate surface area is 81.3 Å². The molecular weight excluding hydrogens is 218 g/mol. The van der Waals surface area contributed by atoms with Crippen LogP contribution in [-0.4, -0.2) is 23.4 Å². The summed E-state index contributed by atoms with van der Waals surface area (Å²) in [6.45, 7) is 3.15. The second-order valence-corrected chi connectivity index (χ2v) is 3.81. The molecule has 4 heteroatoms. The molecule has 0 radical (unpaired) electrons. The molecule has 1 rings (SSSR count). The van der Waals surface area contributed by atoms with Gasteiger partial charge in [-0.3, -0.25) is 4.68 Å². The molecule has 0 spiro atoms. The van der Waals surface area contributed by atoms with Crippen LogP contribution in [0.4, 0.5) is 0 Å². The minimum atomic E-state index is 0.483. The Morgan fingerprint density at radius 3 is 2.83 bits per heavy atom. The first-order valence-corrected chi connectivity index (χ1v) is 4.78. The van der Waals surface area contributed by atoms with E-state index >= 15 is 0 Å². The summed E-state index contributed by atoms with van der Waals surface area (Å²) in [4.78, 5) is 0. The summed E-state index contributed by atoms with van der Waals surface area (Å²) in [5, 5.41) is 7.31. The fourth-order valence-electron chi connectivity index (χ4n) is 1.38. The van der Waals surface area contributed by atoms with Crippen LogP contribution >= 0.6 is 15.9 Å². The summed E-state index contributed by atoms with van der Waals surface area (Å²) in [5.74, 6) is 0.483. The highest BCUT2D eigenvalue weighted by molar-refractivity contribution is 9.10. The predicted octanol–water partition coefficient (Wildman–Crippen LogP) is 1.51. The zero-order chi connectivity index (χ0) is 9.14. The number of hydrogen-bond acceptors (Lipinski definition) is 2. The molecule has 12 heavy (non-hydrogen) atoms. The third-order valence-electron chi connectivity index (χ3n) is 1.91. The first kappa shape index (κ1) is 9.74. The minimum absolute atomic E-state index is 0.483. The van der Waals surface area contributed by atoms with E-state index < -0.39 is 0 Å². The molecule has 1 unspecified atom stereocenters. The van der Waals surface area contributed by atoms with Crippen LogP contribution in [0.25, 0.3) is 0 Å².